The molecule has 41 heavy (non-hydrogen) atoms. The Morgan fingerprint density at radius 2 is 1.46 bits per heavy atom. The van der Waals surface area contributed by atoms with Crippen LogP contribution in [0.2, 0.25) is 0 Å². The molecule has 0 radical (unpaired) electrons. The number of anilines is 3. The summed E-state index contributed by atoms with van der Waals surface area (Å²) in [4.78, 5) is 6.83. The van der Waals surface area contributed by atoms with Gasteiger partial charge in [-0.25, -0.2) is 17.8 Å². The van der Waals surface area contributed by atoms with E-state index in [4.69, 9.17) is 14.5 Å². The number of hydrogen-bond acceptors (Lipinski definition) is 7. The standard InChI is InChI=1S/C31H31FN4O4S/c1-35-20-33-31-29(35)15-23(34-28-14-13-26(17-27(28)32)41(4,37)38)16-30(31)36(18-21-5-9-24(39-2)10-6-21)19-22-7-11-25(40-3)12-8-22/h5-17,20,34H,18-19H2,1-4H3. The summed E-state index contributed by atoms with van der Waals surface area (Å²) >= 11 is 0. The molecule has 0 unspecified atom stereocenters. The monoisotopic (exact) mass is 574 g/mol. The Kier molecular flexibility index (Phi) is 7.85. The molecular weight excluding hydrogens is 543 g/mol. The third-order valence-electron chi connectivity index (χ3n) is 6.86. The number of hydrogen-bond donors (Lipinski definition) is 1. The van der Waals surface area contributed by atoms with Gasteiger partial charge >= 0.3 is 0 Å². The molecule has 10 heteroatoms. The van der Waals surface area contributed by atoms with E-state index in [9.17, 15) is 12.8 Å². The molecule has 4 aromatic carbocycles. The second-order valence-electron chi connectivity index (χ2n) is 9.81. The van der Waals surface area contributed by atoms with Gasteiger partial charge in [0.1, 0.15) is 22.8 Å². The number of benzene rings is 4. The normalized spacial score (nSPS) is 11.4. The number of nitrogens with one attached hydrogen (secondary N) is 1. The van der Waals surface area contributed by atoms with E-state index in [0.717, 1.165) is 51.7 Å². The van der Waals surface area contributed by atoms with Crippen molar-refractivity contribution in [3.05, 3.63) is 102 Å². The van der Waals surface area contributed by atoms with Gasteiger partial charge in [0.05, 0.1) is 42.3 Å². The molecule has 0 aliphatic rings. The highest BCUT2D eigenvalue weighted by Crippen LogP contribution is 2.34. The molecule has 1 N–H and O–H groups in total. The topological polar surface area (TPSA) is 85.7 Å². The highest BCUT2D eigenvalue weighted by Gasteiger charge is 2.18. The van der Waals surface area contributed by atoms with Crippen LogP contribution in [0.5, 0.6) is 11.5 Å². The third kappa shape index (κ3) is 6.28. The van der Waals surface area contributed by atoms with Crippen LogP contribution in [0.15, 0.2) is 90.1 Å². The molecule has 8 nitrogen and oxygen atoms in total. The minimum atomic E-state index is -3.53. The van der Waals surface area contributed by atoms with Crippen molar-refractivity contribution in [3.63, 3.8) is 0 Å². The zero-order chi connectivity index (χ0) is 29.1. The summed E-state index contributed by atoms with van der Waals surface area (Å²) in [6, 6.07) is 23.5. The van der Waals surface area contributed by atoms with Gasteiger partial charge in [-0.15, -0.1) is 0 Å². The third-order valence-corrected chi connectivity index (χ3v) is 7.97. The van der Waals surface area contributed by atoms with Crippen molar-refractivity contribution < 1.29 is 22.3 Å². The summed E-state index contributed by atoms with van der Waals surface area (Å²) in [5.74, 6) is 0.892. The maximum Gasteiger partial charge on any atom is 0.175 e. The molecule has 212 valence electrons. The van der Waals surface area contributed by atoms with E-state index < -0.39 is 15.7 Å². The number of sulfone groups is 1. The summed E-state index contributed by atoms with van der Waals surface area (Å²) in [6.45, 7) is 1.14. The van der Waals surface area contributed by atoms with E-state index >= 15 is 0 Å². The molecular formula is C31H31FN4O4S. The van der Waals surface area contributed by atoms with Crippen LogP contribution in [0.4, 0.5) is 21.5 Å². The lowest BCUT2D eigenvalue weighted by molar-refractivity contribution is 0.414. The predicted molar refractivity (Wildman–Crippen MR) is 159 cm³/mol. The van der Waals surface area contributed by atoms with Crippen molar-refractivity contribution >= 4 is 37.9 Å². The van der Waals surface area contributed by atoms with Crippen LogP contribution in [-0.4, -0.2) is 38.4 Å². The summed E-state index contributed by atoms with van der Waals surface area (Å²) in [7, 11) is 1.65. The first-order valence-corrected chi connectivity index (χ1v) is 14.8. The number of fused-ring (bicyclic) bond motifs is 1. The van der Waals surface area contributed by atoms with Crippen molar-refractivity contribution in [3.8, 4) is 11.5 Å². The quantitative estimate of drug-likeness (QED) is 0.216. The first kappa shape index (κ1) is 28.0. The first-order valence-electron chi connectivity index (χ1n) is 12.9. The van der Waals surface area contributed by atoms with Crippen molar-refractivity contribution in [2.24, 2.45) is 7.05 Å². The van der Waals surface area contributed by atoms with Gasteiger partial charge < -0.3 is 24.3 Å². The minimum absolute atomic E-state index is 0.0755. The van der Waals surface area contributed by atoms with Gasteiger partial charge in [0.15, 0.2) is 9.84 Å². The van der Waals surface area contributed by atoms with Gasteiger partial charge in [-0.05, 0) is 65.7 Å². The maximum atomic E-state index is 15.0. The summed E-state index contributed by atoms with van der Waals surface area (Å²) in [5, 5.41) is 3.14. The fourth-order valence-electron chi connectivity index (χ4n) is 4.64. The number of methoxy groups -OCH3 is 2. The van der Waals surface area contributed by atoms with Gasteiger partial charge in [0.25, 0.3) is 0 Å². The van der Waals surface area contributed by atoms with E-state index in [1.165, 1.54) is 12.1 Å². The van der Waals surface area contributed by atoms with Crippen molar-refractivity contribution in [2.45, 2.75) is 18.0 Å². The Morgan fingerprint density at radius 3 is 1.98 bits per heavy atom. The Balaban J connectivity index is 1.57. The van der Waals surface area contributed by atoms with Crippen LogP contribution in [0.1, 0.15) is 11.1 Å². The van der Waals surface area contributed by atoms with Crippen molar-refractivity contribution in [2.75, 3.05) is 30.7 Å². The van der Waals surface area contributed by atoms with Gasteiger partial charge in [-0.1, -0.05) is 24.3 Å². The van der Waals surface area contributed by atoms with Crippen LogP contribution in [0.3, 0.4) is 0 Å². The molecule has 0 aliphatic heterocycles. The number of aryl methyl sites for hydroxylation is 1. The summed E-state index contributed by atoms with van der Waals surface area (Å²) < 4.78 is 51.3. The SMILES string of the molecule is COc1ccc(CN(Cc2ccc(OC)cc2)c2cc(Nc3ccc(S(C)(=O)=O)cc3F)cc3c2ncn3C)cc1. The average Bonchev–Trinajstić information content (AvgIpc) is 3.34. The molecule has 0 atom stereocenters. The van der Waals surface area contributed by atoms with Gasteiger partial charge in [-0.3, -0.25) is 0 Å². The zero-order valence-electron chi connectivity index (χ0n) is 23.3. The van der Waals surface area contributed by atoms with Gasteiger partial charge in [0.2, 0.25) is 0 Å². The van der Waals surface area contributed by atoms with Gasteiger partial charge in [0, 0.05) is 32.1 Å². The molecule has 0 aliphatic carbocycles. The number of imidazole rings is 1. The molecule has 0 saturated carbocycles. The molecule has 1 heterocycles. The molecule has 1 aromatic heterocycles. The molecule has 0 fully saturated rings. The number of ether oxygens (including phenoxy) is 2. The highest BCUT2D eigenvalue weighted by molar-refractivity contribution is 7.90. The lowest BCUT2D eigenvalue weighted by Gasteiger charge is -2.27. The molecule has 0 saturated heterocycles. The second kappa shape index (κ2) is 11.5. The Morgan fingerprint density at radius 1 is 0.878 bits per heavy atom. The summed E-state index contributed by atoms with van der Waals surface area (Å²) in [6.07, 6.45) is 2.80. The molecule has 0 amide bonds. The van der Waals surface area contributed by atoms with Crippen LogP contribution in [-0.2, 0) is 30.0 Å². The van der Waals surface area contributed by atoms with Crippen LogP contribution in [0, 0.1) is 5.82 Å². The Bertz CT molecular complexity index is 1740. The van der Waals surface area contributed by atoms with Crippen LogP contribution in [0.25, 0.3) is 11.0 Å². The molecule has 5 rings (SSSR count). The fourth-order valence-corrected chi connectivity index (χ4v) is 5.27. The molecule has 0 bridgehead atoms. The average molecular weight is 575 g/mol. The predicted octanol–water partition coefficient (Wildman–Crippen LogP) is 6.08. The Labute approximate surface area is 238 Å². The minimum Gasteiger partial charge on any atom is -0.497 e. The van der Waals surface area contributed by atoms with Gasteiger partial charge in [-0.2, -0.15) is 0 Å². The number of rotatable bonds is 10. The fraction of sp³-hybridized carbons (Fsp3) is 0.194. The van der Waals surface area contributed by atoms with Crippen molar-refractivity contribution in [1.29, 1.82) is 0 Å². The van der Waals surface area contributed by atoms with E-state index in [1.54, 1.807) is 20.5 Å². The largest absolute Gasteiger partial charge is 0.497 e. The summed E-state index contributed by atoms with van der Waals surface area (Å²) in [5.41, 5.74) is 5.46. The van der Waals surface area contributed by atoms with E-state index in [-0.39, 0.29) is 10.6 Å². The second-order valence-corrected chi connectivity index (χ2v) is 11.8. The van der Waals surface area contributed by atoms with E-state index in [0.29, 0.717) is 18.8 Å². The molecule has 0 spiro atoms. The first-order chi connectivity index (χ1) is 19.6. The van der Waals surface area contributed by atoms with Crippen LogP contribution >= 0.6 is 0 Å². The van der Waals surface area contributed by atoms with E-state index in [2.05, 4.69) is 10.2 Å². The lowest BCUT2D eigenvalue weighted by atomic mass is 10.1. The number of aromatic nitrogens is 2. The smallest absolute Gasteiger partial charge is 0.175 e. The lowest BCUT2D eigenvalue weighted by Crippen LogP contribution is -2.22. The Hall–Kier alpha value is -4.57. The van der Waals surface area contributed by atoms with E-state index in [1.807, 2.05) is 72.3 Å². The maximum absolute atomic E-state index is 15.0. The zero-order valence-corrected chi connectivity index (χ0v) is 24.1. The van der Waals surface area contributed by atoms with Crippen LogP contribution < -0.4 is 19.7 Å². The molecule has 5 aromatic rings. The van der Waals surface area contributed by atoms with Crippen molar-refractivity contribution in [1.82, 2.24) is 9.55 Å². The number of nitrogens with zero attached hydrogens (tertiary/aromatic N) is 3. The number of halogens is 1. The highest BCUT2D eigenvalue weighted by atomic mass is 32.2.